The van der Waals surface area contributed by atoms with Crippen molar-refractivity contribution in [3.05, 3.63) is 59.7 Å². The highest BCUT2D eigenvalue weighted by Gasteiger charge is 2.79. The van der Waals surface area contributed by atoms with Gasteiger partial charge in [-0.1, -0.05) is 59.4 Å². The molecule has 16 nitrogen and oxygen atoms in total. The van der Waals surface area contributed by atoms with E-state index in [9.17, 15) is 34.2 Å². The summed E-state index contributed by atoms with van der Waals surface area (Å²) < 4.78 is 50.2. The van der Waals surface area contributed by atoms with Gasteiger partial charge in [-0.25, -0.2) is 14.4 Å². The van der Waals surface area contributed by atoms with Crippen LogP contribution in [0.15, 0.2) is 54.1 Å². The van der Waals surface area contributed by atoms with E-state index < -0.39 is 125 Å². The predicted octanol–water partition coefficient (Wildman–Crippen LogP) is 4.87. The first-order valence-corrected chi connectivity index (χ1v) is 21.3. The van der Waals surface area contributed by atoms with Gasteiger partial charge in [0.1, 0.15) is 35.6 Å². The minimum absolute atomic E-state index is 0.0926. The molecule has 1 aromatic carbocycles. The molecule has 2 bridgehead atoms. The van der Waals surface area contributed by atoms with Crippen LogP contribution in [0.5, 0.6) is 0 Å². The number of carbonyl (C=O) groups excluding carboxylic acids is 5. The number of hydrogen-bond donors (Lipinski definition) is 3. The molecule has 6 rings (SSSR count). The quantitative estimate of drug-likeness (QED) is 0.154. The van der Waals surface area contributed by atoms with Gasteiger partial charge in [0.25, 0.3) is 0 Å². The summed E-state index contributed by atoms with van der Waals surface area (Å²) in [6.07, 6.45) is -9.36. The van der Waals surface area contributed by atoms with Crippen LogP contribution in [0.25, 0.3) is 0 Å². The average molecular weight is 870 g/mol. The van der Waals surface area contributed by atoms with Crippen LogP contribution in [0.1, 0.15) is 106 Å². The number of fused-ring (bicyclic) bond motifs is 4. The van der Waals surface area contributed by atoms with Crippen LogP contribution in [0.3, 0.4) is 0 Å². The van der Waals surface area contributed by atoms with E-state index in [-0.39, 0.29) is 30.9 Å². The molecule has 3 N–H and O–H groups in total. The zero-order valence-corrected chi connectivity index (χ0v) is 37.6. The molecule has 2 unspecified atom stereocenters. The molecule has 16 heteroatoms. The zero-order valence-electron chi connectivity index (χ0n) is 37.6. The van der Waals surface area contributed by atoms with Gasteiger partial charge in [0.15, 0.2) is 24.1 Å². The van der Waals surface area contributed by atoms with Crippen molar-refractivity contribution < 1.29 is 72.1 Å². The molecular weight excluding hydrogens is 806 g/mol. The van der Waals surface area contributed by atoms with E-state index in [1.165, 1.54) is 19.9 Å². The second-order valence-corrected chi connectivity index (χ2v) is 19.5. The smallest absolute Gasteiger partial charge is 0.407 e. The highest BCUT2D eigenvalue weighted by Crippen LogP contribution is 2.67. The third-order valence-corrected chi connectivity index (χ3v) is 13.4. The fourth-order valence-electron chi connectivity index (χ4n) is 10.7. The highest BCUT2D eigenvalue weighted by molar-refractivity contribution is 5.89. The topological polar surface area (TPSA) is 212 Å². The molecule has 13 atom stereocenters. The number of benzene rings is 1. The maximum atomic E-state index is 14.4. The van der Waals surface area contributed by atoms with Crippen molar-refractivity contribution in [3.63, 3.8) is 0 Å². The summed E-state index contributed by atoms with van der Waals surface area (Å²) in [5, 5.41) is 28.1. The van der Waals surface area contributed by atoms with E-state index in [0.717, 1.165) is 0 Å². The largest absolute Gasteiger partial charge is 0.456 e. The van der Waals surface area contributed by atoms with Gasteiger partial charge >= 0.3 is 30.0 Å². The standard InChI is InChI=1S/C46H63NO15/c1-13-32-58-30-20-31-45(22-55-31,61-26(6)49)36-38(60-39(51)27-17-15-14-16-18-27)46(54)21-29(57-40(52)34(50)28(19-23(2)3)47-41(53)62-42(7,8)9)24(4)33(43(46,10)11)35(56-25(5)48)37(59-32)44(30,36)12/h13-18,23,28-32,34-38,50,54H,1,19-22H2,2-12H3,(H,47,53)/t28-,29-,30-,31?,32+,34+,35-,36?,37-,38-,44+,45-,46+/m0/s1. The molecule has 2 saturated heterocycles. The second-order valence-electron chi connectivity index (χ2n) is 19.5. The second kappa shape index (κ2) is 17.0. The molecule has 1 amide bonds. The fraction of sp³-hybridized carbons (Fsp3) is 0.674. The van der Waals surface area contributed by atoms with E-state index in [0.29, 0.717) is 11.1 Å². The fourth-order valence-corrected chi connectivity index (χ4v) is 10.7. The molecular formula is C46H63NO15. The van der Waals surface area contributed by atoms with Gasteiger partial charge in [-0.2, -0.15) is 0 Å². The molecule has 62 heavy (non-hydrogen) atoms. The summed E-state index contributed by atoms with van der Waals surface area (Å²) in [4.78, 5) is 68.1. The van der Waals surface area contributed by atoms with Crippen molar-refractivity contribution in [2.45, 2.75) is 167 Å². The summed E-state index contributed by atoms with van der Waals surface area (Å²) in [6, 6.07) is 7.04. The normalized spacial score (nSPS) is 35.5. The van der Waals surface area contributed by atoms with Crippen LogP contribution >= 0.6 is 0 Å². The molecule has 2 saturated carbocycles. The number of esters is 4. The first kappa shape index (κ1) is 47.1. The predicted molar refractivity (Wildman–Crippen MR) is 220 cm³/mol. The van der Waals surface area contributed by atoms with E-state index in [1.54, 1.807) is 71.9 Å². The van der Waals surface area contributed by atoms with Gasteiger partial charge in [-0.05, 0) is 69.4 Å². The average Bonchev–Trinajstić information content (AvgIpc) is 3.15. The third kappa shape index (κ3) is 8.28. The summed E-state index contributed by atoms with van der Waals surface area (Å²) in [5.74, 6) is -4.57. The number of aliphatic hydroxyl groups excluding tert-OH is 1. The molecule has 2 heterocycles. The number of nitrogens with one attached hydrogen (secondary N) is 1. The zero-order chi connectivity index (χ0) is 45.9. The Balaban J connectivity index is 1.57. The Morgan fingerprint density at radius 2 is 1.65 bits per heavy atom. The summed E-state index contributed by atoms with van der Waals surface area (Å²) >= 11 is 0. The Bertz CT molecular complexity index is 1960. The van der Waals surface area contributed by atoms with Crippen molar-refractivity contribution in [1.29, 1.82) is 0 Å². The monoisotopic (exact) mass is 869 g/mol. The minimum Gasteiger partial charge on any atom is -0.456 e. The number of ether oxygens (including phenoxy) is 8. The molecule has 1 aromatic rings. The molecule has 342 valence electrons. The lowest BCUT2D eigenvalue weighted by Crippen LogP contribution is -2.83. The van der Waals surface area contributed by atoms with Crippen molar-refractivity contribution in [2.24, 2.45) is 22.7 Å². The number of alkyl carbamates (subject to hydrolysis) is 1. The van der Waals surface area contributed by atoms with Crippen LogP contribution in [0, 0.1) is 22.7 Å². The number of amides is 1. The Morgan fingerprint density at radius 3 is 2.19 bits per heavy atom. The minimum atomic E-state index is -2.23. The molecule has 0 radical (unpaired) electrons. The first-order valence-electron chi connectivity index (χ1n) is 21.3. The first-order chi connectivity index (χ1) is 28.8. The Morgan fingerprint density at radius 1 is 0.984 bits per heavy atom. The van der Waals surface area contributed by atoms with Crippen LogP contribution in [0.4, 0.5) is 4.79 Å². The lowest BCUT2D eigenvalue weighted by atomic mass is 9.44. The van der Waals surface area contributed by atoms with Gasteiger partial charge < -0.3 is 53.4 Å². The third-order valence-electron chi connectivity index (χ3n) is 13.4. The highest BCUT2D eigenvalue weighted by atomic mass is 16.7. The Labute approximate surface area is 362 Å². The van der Waals surface area contributed by atoms with E-state index in [1.807, 2.05) is 20.8 Å². The van der Waals surface area contributed by atoms with Gasteiger partial charge in [0.05, 0.1) is 30.2 Å². The lowest BCUT2D eigenvalue weighted by molar-refractivity contribution is -0.405. The van der Waals surface area contributed by atoms with Gasteiger partial charge in [-0.15, -0.1) is 0 Å². The van der Waals surface area contributed by atoms with Crippen LogP contribution in [-0.4, -0.2) is 119 Å². The Hall–Kier alpha value is -4.35. The van der Waals surface area contributed by atoms with Crippen molar-refractivity contribution >= 4 is 30.0 Å². The Kier molecular flexibility index (Phi) is 12.9. The number of aliphatic hydroxyl groups is 2. The number of rotatable bonds is 11. The SMILES string of the molecule is C=C[C@@H]1O[C@H]2CC3OC[C@@]3(OC(C)=O)C3[C@H](OC(=O)c4ccccc4)[C@]4(O)C[C@H](OC(=O)[C@H](O)[C@H](CC(C)C)NC(=O)OC(C)(C)C)C(C)=C([C@H](OC(C)=O)[C@H](O1)[C@@]32C)C4(C)C. The molecule has 4 fully saturated rings. The van der Waals surface area contributed by atoms with Gasteiger partial charge in [-0.3, -0.25) is 9.59 Å². The van der Waals surface area contributed by atoms with Gasteiger partial charge in [0, 0.05) is 37.5 Å². The van der Waals surface area contributed by atoms with Crippen molar-refractivity contribution in [1.82, 2.24) is 5.32 Å². The van der Waals surface area contributed by atoms with Crippen molar-refractivity contribution in [2.75, 3.05) is 6.61 Å². The van der Waals surface area contributed by atoms with Crippen LogP contribution in [-0.2, 0) is 52.3 Å². The number of hydrogen-bond acceptors (Lipinski definition) is 15. The molecule has 0 aromatic heterocycles. The lowest BCUT2D eigenvalue weighted by Gasteiger charge is -2.71. The van der Waals surface area contributed by atoms with Gasteiger partial charge in [0.2, 0.25) is 0 Å². The molecule has 3 aliphatic carbocycles. The van der Waals surface area contributed by atoms with Crippen molar-refractivity contribution in [3.8, 4) is 0 Å². The summed E-state index contributed by atoms with van der Waals surface area (Å²) in [5.41, 5.74) is -6.65. The summed E-state index contributed by atoms with van der Waals surface area (Å²) in [7, 11) is 0. The van der Waals surface area contributed by atoms with E-state index in [2.05, 4.69) is 11.9 Å². The molecule has 2 aliphatic heterocycles. The van der Waals surface area contributed by atoms with Crippen LogP contribution in [0.2, 0.25) is 0 Å². The van der Waals surface area contributed by atoms with E-state index in [4.69, 9.17) is 37.9 Å². The molecule has 0 spiro atoms. The van der Waals surface area contributed by atoms with E-state index >= 15 is 0 Å². The number of carbonyl (C=O) groups is 5. The maximum Gasteiger partial charge on any atom is 0.407 e. The summed E-state index contributed by atoms with van der Waals surface area (Å²) in [6.45, 7) is 21.9. The van der Waals surface area contributed by atoms with Crippen LogP contribution < -0.4 is 5.32 Å². The molecule has 5 aliphatic rings. The maximum absolute atomic E-state index is 14.4.